The van der Waals surface area contributed by atoms with Gasteiger partial charge in [-0.3, -0.25) is 10.1 Å². The number of nitro benzene ring substituents is 1. The lowest BCUT2D eigenvalue weighted by Crippen LogP contribution is -2.48. The Morgan fingerprint density at radius 2 is 1.82 bits per heavy atom. The minimum Gasteiger partial charge on any atom is -0.349 e. The molecule has 0 unspecified atom stereocenters. The predicted octanol–water partition coefficient (Wildman–Crippen LogP) is 2.13. The van der Waals surface area contributed by atoms with Crippen LogP contribution in [0.15, 0.2) is 24.3 Å². The average molecular weight is 323 g/mol. The summed E-state index contributed by atoms with van der Waals surface area (Å²) in [7, 11) is 0. The van der Waals surface area contributed by atoms with Crippen molar-refractivity contribution in [2.45, 2.75) is 18.6 Å². The second-order valence-corrected chi connectivity index (χ2v) is 5.72. The van der Waals surface area contributed by atoms with Gasteiger partial charge in [0.15, 0.2) is 10.9 Å². The standard InChI is InChI=1S/C14H17N3O4S/c18-17(19)12-3-1-11(2-4-12)15-13(22)16-7-5-14(6-8-16)20-9-10-21-14/h1-4H,5-10H2,(H,15,22). The van der Waals surface area contributed by atoms with Crippen LogP contribution in [0, 0.1) is 10.1 Å². The molecule has 0 aliphatic carbocycles. The molecule has 2 aliphatic rings. The molecule has 2 fully saturated rings. The maximum atomic E-state index is 10.6. The zero-order chi connectivity index (χ0) is 15.6. The van der Waals surface area contributed by atoms with Crippen LogP contribution in [0.25, 0.3) is 0 Å². The Bertz CT molecular complexity index is 562. The highest BCUT2D eigenvalue weighted by atomic mass is 32.1. The largest absolute Gasteiger partial charge is 0.349 e. The van der Waals surface area contributed by atoms with E-state index in [0.29, 0.717) is 18.3 Å². The van der Waals surface area contributed by atoms with Gasteiger partial charge in [-0.25, -0.2) is 0 Å². The Kier molecular flexibility index (Phi) is 4.23. The first-order chi connectivity index (χ1) is 10.6. The lowest BCUT2D eigenvalue weighted by Gasteiger charge is -2.38. The van der Waals surface area contributed by atoms with Crippen molar-refractivity contribution in [3.63, 3.8) is 0 Å². The molecule has 1 aromatic carbocycles. The quantitative estimate of drug-likeness (QED) is 0.507. The normalized spacial score (nSPS) is 20.1. The highest BCUT2D eigenvalue weighted by Crippen LogP contribution is 2.31. The van der Waals surface area contributed by atoms with Crippen molar-refractivity contribution in [3.8, 4) is 0 Å². The summed E-state index contributed by atoms with van der Waals surface area (Å²) in [5, 5.41) is 14.4. The molecule has 0 amide bonds. The first kappa shape index (κ1) is 15.1. The molecule has 0 radical (unpaired) electrons. The molecule has 2 aliphatic heterocycles. The van der Waals surface area contributed by atoms with Crippen molar-refractivity contribution in [2.24, 2.45) is 0 Å². The minimum absolute atomic E-state index is 0.0620. The number of nitrogens with zero attached hydrogens (tertiary/aromatic N) is 2. The van der Waals surface area contributed by atoms with Crippen LogP contribution < -0.4 is 5.32 Å². The van der Waals surface area contributed by atoms with Gasteiger partial charge in [-0.15, -0.1) is 0 Å². The molecule has 1 spiro atoms. The summed E-state index contributed by atoms with van der Waals surface area (Å²) in [5.41, 5.74) is 0.802. The Morgan fingerprint density at radius 1 is 1.23 bits per heavy atom. The van der Waals surface area contributed by atoms with E-state index in [0.717, 1.165) is 31.6 Å². The summed E-state index contributed by atoms with van der Waals surface area (Å²) in [6.45, 7) is 2.84. The summed E-state index contributed by atoms with van der Waals surface area (Å²) in [6, 6.07) is 6.21. The summed E-state index contributed by atoms with van der Waals surface area (Å²) in [6.07, 6.45) is 1.57. The fourth-order valence-corrected chi connectivity index (χ4v) is 3.01. The molecule has 8 heteroatoms. The molecule has 0 bridgehead atoms. The second kappa shape index (κ2) is 6.15. The number of ether oxygens (including phenoxy) is 2. The van der Waals surface area contributed by atoms with Gasteiger partial charge in [-0.05, 0) is 24.4 Å². The van der Waals surface area contributed by atoms with Gasteiger partial charge < -0.3 is 19.7 Å². The van der Waals surface area contributed by atoms with E-state index in [-0.39, 0.29) is 5.69 Å². The fraction of sp³-hybridized carbons (Fsp3) is 0.500. The second-order valence-electron chi connectivity index (χ2n) is 5.33. The lowest BCUT2D eigenvalue weighted by molar-refractivity contribution is -0.384. The van der Waals surface area contributed by atoms with E-state index in [4.69, 9.17) is 21.7 Å². The molecular formula is C14H17N3O4S. The summed E-state index contributed by atoms with van der Waals surface area (Å²) >= 11 is 5.40. The highest BCUT2D eigenvalue weighted by molar-refractivity contribution is 7.80. The molecule has 1 N–H and O–H groups in total. The van der Waals surface area contributed by atoms with Gasteiger partial charge in [0.1, 0.15) is 0 Å². The van der Waals surface area contributed by atoms with Crippen LogP contribution in [-0.2, 0) is 9.47 Å². The zero-order valence-electron chi connectivity index (χ0n) is 12.0. The van der Waals surface area contributed by atoms with Crippen LogP contribution in [0.1, 0.15) is 12.8 Å². The average Bonchev–Trinajstić information content (AvgIpc) is 2.96. The van der Waals surface area contributed by atoms with Crippen molar-refractivity contribution in [3.05, 3.63) is 34.4 Å². The maximum absolute atomic E-state index is 10.6. The fourth-order valence-electron chi connectivity index (χ4n) is 2.71. The van der Waals surface area contributed by atoms with E-state index < -0.39 is 10.7 Å². The predicted molar refractivity (Wildman–Crippen MR) is 84.8 cm³/mol. The van der Waals surface area contributed by atoms with E-state index in [2.05, 4.69) is 10.2 Å². The number of anilines is 1. The molecule has 118 valence electrons. The van der Waals surface area contributed by atoms with Gasteiger partial charge in [-0.1, -0.05) is 0 Å². The van der Waals surface area contributed by atoms with Gasteiger partial charge in [0, 0.05) is 43.8 Å². The maximum Gasteiger partial charge on any atom is 0.269 e. The summed E-state index contributed by atoms with van der Waals surface area (Å²) in [4.78, 5) is 12.3. The van der Waals surface area contributed by atoms with Gasteiger partial charge in [-0.2, -0.15) is 0 Å². The Balaban J connectivity index is 1.55. The van der Waals surface area contributed by atoms with Gasteiger partial charge in [0.25, 0.3) is 5.69 Å². The van der Waals surface area contributed by atoms with E-state index in [1.807, 2.05) is 0 Å². The molecule has 0 saturated carbocycles. The van der Waals surface area contributed by atoms with Crippen molar-refractivity contribution in [2.75, 3.05) is 31.6 Å². The van der Waals surface area contributed by atoms with E-state index >= 15 is 0 Å². The monoisotopic (exact) mass is 323 g/mol. The smallest absolute Gasteiger partial charge is 0.269 e. The Labute approximate surface area is 133 Å². The summed E-state index contributed by atoms with van der Waals surface area (Å²) < 4.78 is 11.4. The molecule has 3 rings (SSSR count). The molecule has 2 heterocycles. The highest BCUT2D eigenvalue weighted by Gasteiger charge is 2.40. The van der Waals surface area contributed by atoms with Crippen LogP contribution in [-0.4, -0.2) is 47.0 Å². The number of nitrogens with one attached hydrogen (secondary N) is 1. The van der Waals surface area contributed by atoms with E-state index in [1.54, 1.807) is 12.1 Å². The SMILES string of the molecule is O=[N+]([O-])c1ccc(NC(=S)N2CCC3(CC2)OCCO3)cc1. The van der Waals surface area contributed by atoms with Crippen molar-refractivity contribution in [1.82, 2.24) is 4.90 Å². The van der Waals surface area contributed by atoms with Gasteiger partial charge >= 0.3 is 0 Å². The van der Waals surface area contributed by atoms with Crippen LogP contribution in [0.5, 0.6) is 0 Å². The van der Waals surface area contributed by atoms with Crippen molar-refractivity contribution in [1.29, 1.82) is 0 Å². The van der Waals surface area contributed by atoms with Crippen LogP contribution in [0.3, 0.4) is 0 Å². The number of benzene rings is 1. The van der Waals surface area contributed by atoms with Gasteiger partial charge in [0.2, 0.25) is 0 Å². The van der Waals surface area contributed by atoms with Gasteiger partial charge in [0.05, 0.1) is 18.1 Å². The van der Waals surface area contributed by atoms with E-state index in [1.165, 1.54) is 12.1 Å². The minimum atomic E-state index is -0.423. The Morgan fingerprint density at radius 3 is 2.36 bits per heavy atom. The van der Waals surface area contributed by atoms with Crippen LogP contribution in [0.2, 0.25) is 0 Å². The number of nitro groups is 1. The number of non-ortho nitro benzene ring substituents is 1. The molecule has 1 aromatic rings. The Hall–Kier alpha value is -1.77. The number of piperidine rings is 1. The number of hydrogen-bond donors (Lipinski definition) is 1. The first-order valence-electron chi connectivity index (χ1n) is 7.16. The number of thiocarbonyl (C=S) groups is 1. The number of likely N-dealkylation sites (tertiary alicyclic amines) is 1. The lowest BCUT2D eigenvalue weighted by atomic mass is 10.0. The summed E-state index contributed by atoms with van der Waals surface area (Å²) in [5.74, 6) is -0.417. The molecule has 7 nitrogen and oxygen atoms in total. The number of hydrogen-bond acceptors (Lipinski definition) is 5. The molecule has 0 atom stereocenters. The van der Waals surface area contributed by atoms with Crippen LogP contribution >= 0.6 is 12.2 Å². The molecule has 0 aromatic heterocycles. The van der Waals surface area contributed by atoms with Crippen molar-refractivity contribution < 1.29 is 14.4 Å². The third-order valence-corrected chi connectivity index (χ3v) is 4.32. The zero-order valence-corrected chi connectivity index (χ0v) is 12.8. The number of rotatable bonds is 2. The van der Waals surface area contributed by atoms with Crippen LogP contribution in [0.4, 0.5) is 11.4 Å². The molecule has 2 saturated heterocycles. The third kappa shape index (κ3) is 3.18. The van der Waals surface area contributed by atoms with Crippen molar-refractivity contribution >= 4 is 28.7 Å². The molecule has 22 heavy (non-hydrogen) atoms. The first-order valence-corrected chi connectivity index (χ1v) is 7.57. The molecular weight excluding hydrogens is 306 g/mol. The third-order valence-electron chi connectivity index (χ3n) is 3.96. The topological polar surface area (TPSA) is 76.9 Å². The van der Waals surface area contributed by atoms with E-state index in [9.17, 15) is 10.1 Å².